The molecule has 138 valence electrons. The molecule has 0 radical (unpaired) electrons. The third-order valence-corrected chi connectivity index (χ3v) is 4.81. The molecule has 0 atom stereocenters. The number of ether oxygens (including phenoxy) is 1. The van der Waals surface area contributed by atoms with E-state index in [4.69, 9.17) is 16.3 Å². The molecule has 27 heavy (non-hydrogen) atoms. The van der Waals surface area contributed by atoms with Gasteiger partial charge in [0.2, 0.25) is 0 Å². The fraction of sp³-hybridized carbons (Fsp3) is 0.200. The highest BCUT2D eigenvalue weighted by atomic mass is 79.9. The second-order valence-electron chi connectivity index (χ2n) is 5.94. The van der Waals surface area contributed by atoms with Crippen molar-refractivity contribution < 1.29 is 9.53 Å². The zero-order valence-corrected chi connectivity index (χ0v) is 16.8. The van der Waals surface area contributed by atoms with Gasteiger partial charge < -0.3 is 15.0 Å². The molecule has 1 aliphatic rings. The van der Waals surface area contributed by atoms with Crippen molar-refractivity contribution in [1.29, 1.82) is 5.26 Å². The first-order chi connectivity index (χ1) is 13.1. The molecule has 2 aromatic carbocycles. The van der Waals surface area contributed by atoms with Crippen molar-refractivity contribution in [3.63, 3.8) is 0 Å². The van der Waals surface area contributed by atoms with E-state index in [0.717, 1.165) is 28.8 Å². The molecular weight excluding hydrogens is 430 g/mol. The smallest absolute Gasteiger partial charge is 0.266 e. The van der Waals surface area contributed by atoms with Crippen LogP contribution in [0.1, 0.15) is 5.56 Å². The van der Waals surface area contributed by atoms with E-state index in [1.165, 1.54) is 0 Å². The van der Waals surface area contributed by atoms with Crippen LogP contribution in [0.25, 0.3) is 6.08 Å². The molecule has 1 amide bonds. The number of carbonyl (C=O) groups excluding carboxylic acids is 1. The fourth-order valence-corrected chi connectivity index (χ4v) is 3.38. The highest BCUT2D eigenvalue weighted by molar-refractivity contribution is 9.10. The van der Waals surface area contributed by atoms with Gasteiger partial charge in [0.1, 0.15) is 11.6 Å². The summed E-state index contributed by atoms with van der Waals surface area (Å²) in [7, 11) is 0. The van der Waals surface area contributed by atoms with Gasteiger partial charge in [0.25, 0.3) is 5.91 Å². The minimum Gasteiger partial charge on any atom is -0.378 e. The summed E-state index contributed by atoms with van der Waals surface area (Å²) < 4.78 is 6.26. The molecule has 1 fully saturated rings. The van der Waals surface area contributed by atoms with Crippen molar-refractivity contribution in [2.45, 2.75) is 0 Å². The van der Waals surface area contributed by atoms with Crippen LogP contribution in [0.5, 0.6) is 0 Å². The Morgan fingerprint density at radius 3 is 2.74 bits per heavy atom. The first-order valence-electron chi connectivity index (χ1n) is 8.38. The van der Waals surface area contributed by atoms with Gasteiger partial charge in [0.05, 0.1) is 24.6 Å². The molecule has 0 unspecified atom stereocenters. The molecular formula is C20H17BrClN3O2. The third kappa shape index (κ3) is 5.10. The van der Waals surface area contributed by atoms with E-state index in [1.54, 1.807) is 18.2 Å². The van der Waals surface area contributed by atoms with Gasteiger partial charge in [-0.25, -0.2) is 0 Å². The largest absolute Gasteiger partial charge is 0.378 e. The number of nitrogens with zero attached hydrogens (tertiary/aromatic N) is 2. The highest BCUT2D eigenvalue weighted by Gasteiger charge is 2.18. The summed E-state index contributed by atoms with van der Waals surface area (Å²) >= 11 is 9.50. The van der Waals surface area contributed by atoms with Crippen molar-refractivity contribution >= 4 is 50.9 Å². The van der Waals surface area contributed by atoms with Crippen molar-refractivity contribution in [2.24, 2.45) is 0 Å². The lowest BCUT2D eigenvalue weighted by Gasteiger charge is -2.30. The summed E-state index contributed by atoms with van der Waals surface area (Å²) in [5, 5.41) is 12.8. The maximum atomic E-state index is 12.7. The van der Waals surface area contributed by atoms with E-state index in [1.807, 2.05) is 36.4 Å². The molecule has 0 bridgehead atoms. The lowest BCUT2D eigenvalue weighted by atomic mass is 10.1. The Morgan fingerprint density at radius 2 is 2.04 bits per heavy atom. The minimum atomic E-state index is -0.478. The molecule has 1 N–H and O–H groups in total. The molecule has 1 aliphatic heterocycles. The quantitative estimate of drug-likeness (QED) is 0.555. The molecule has 0 aliphatic carbocycles. The van der Waals surface area contributed by atoms with Gasteiger partial charge in [-0.15, -0.1) is 0 Å². The normalized spacial score (nSPS) is 14.6. The average Bonchev–Trinajstić information content (AvgIpc) is 2.67. The predicted octanol–water partition coefficient (Wildman–Crippen LogP) is 4.48. The van der Waals surface area contributed by atoms with E-state index in [-0.39, 0.29) is 5.57 Å². The van der Waals surface area contributed by atoms with Crippen LogP contribution in [0, 0.1) is 11.3 Å². The van der Waals surface area contributed by atoms with Crippen LogP contribution in [-0.4, -0.2) is 32.2 Å². The van der Waals surface area contributed by atoms with E-state index in [2.05, 4.69) is 26.1 Å². The fourth-order valence-electron chi connectivity index (χ4n) is 2.79. The highest BCUT2D eigenvalue weighted by Crippen LogP contribution is 2.30. The maximum Gasteiger partial charge on any atom is 0.266 e. The number of rotatable bonds is 4. The summed E-state index contributed by atoms with van der Waals surface area (Å²) in [5.41, 5.74) is 2.21. The summed E-state index contributed by atoms with van der Waals surface area (Å²) in [6, 6.07) is 14.7. The zero-order valence-electron chi connectivity index (χ0n) is 14.4. The zero-order chi connectivity index (χ0) is 19.2. The van der Waals surface area contributed by atoms with Crippen molar-refractivity contribution in [2.75, 3.05) is 36.5 Å². The maximum absolute atomic E-state index is 12.7. The van der Waals surface area contributed by atoms with Crippen LogP contribution < -0.4 is 10.2 Å². The Hall–Kier alpha value is -2.33. The Bertz CT molecular complexity index is 918. The molecule has 1 saturated heterocycles. The first-order valence-corrected chi connectivity index (χ1v) is 9.55. The number of morpholine rings is 1. The van der Waals surface area contributed by atoms with Crippen LogP contribution in [0.4, 0.5) is 11.4 Å². The number of halogens is 2. The van der Waals surface area contributed by atoms with Gasteiger partial charge in [-0.1, -0.05) is 39.7 Å². The van der Waals surface area contributed by atoms with Gasteiger partial charge in [-0.2, -0.15) is 5.26 Å². The van der Waals surface area contributed by atoms with Crippen LogP contribution in [-0.2, 0) is 9.53 Å². The minimum absolute atomic E-state index is 0.0148. The Labute approximate surface area is 171 Å². The third-order valence-electron chi connectivity index (χ3n) is 4.08. The molecule has 2 aromatic rings. The second kappa shape index (κ2) is 9.05. The summed E-state index contributed by atoms with van der Waals surface area (Å²) in [4.78, 5) is 14.8. The summed E-state index contributed by atoms with van der Waals surface area (Å²) in [5.74, 6) is -0.478. The second-order valence-corrected chi connectivity index (χ2v) is 7.29. The Balaban J connectivity index is 1.86. The molecule has 3 rings (SSSR count). The lowest BCUT2D eigenvalue weighted by molar-refractivity contribution is -0.112. The van der Waals surface area contributed by atoms with Gasteiger partial charge in [-0.05, 0) is 42.0 Å². The summed E-state index contributed by atoms with van der Waals surface area (Å²) in [6.45, 7) is 2.71. The summed E-state index contributed by atoms with van der Waals surface area (Å²) in [6.07, 6.45) is 1.55. The molecule has 1 heterocycles. The number of hydrogen-bond donors (Lipinski definition) is 1. The molecule has 5 nitrogen and oxygen atoms in total. The van der Waals surface area contributed by atoms with E-state index < -0.39 is 5.91 Å². The SMILES string of the molecule is N#C/C(=C\c1cccc(Br)c1)C(=O)Nc1cc(Cl)ccc1N1CCOCC1. The number of nitriles is 1. The number of amides is 1. The molecule has 0 saturated carbocycles. The van der Waals surface area contributed by atoms with Crippen molar-refractivity contribution in [1.82, 2.24) is 0 Å². The van der Waals surface area contributed by atoms with Gasteiger partial charge >= 0.3 is 0 Å². The Morgan fingerprint density at radius 1 is 1.26 bits per heavy atom. The van der Waals surface area contributed by atoms with E-state index in [9.17, 15) is 10.1 Å². The number of hydrogen-bond acceptors (Lipinski definition) is 4. The standard InChI is InChI=1S/C20H17BrClN3O2/c21-16-3-1-2-14(11-16)10-15(13-23)20(26)24-18-12-17(22)4-5-19(18)25-6-8-27-9-7-25/h1-5,10-12H,6-9H2,(H,24,26)/b15-10+. The van der Waals surface area contributed by atoms with Gasteiger partial charge in [0, 0.05) is 22.6 Å². The van der Waals surface area contributed by atoms with E-state index >= 15 is 0 Å². The first kappa shape index (κ1) is 19.4. The van der Waals surface area contributed by atoms with Crippen molar-refractivity contribution in [3.8, 4) is 6.07 Å². The van der Waals surface area contributed by atoms with Gasteiger partial charge in [-0.3, -0.25) is 4.79 Å². The topological polar surface area (TPSA) is 65.4 Å². The Kier molecular flexibility index (Phi) is 6.51. The van der Waals surface area contributed by atoms with Crippen LogP contribution >= 0.6 is 27.5 Å². The van der Waals surface area contributed by atoms with Crippen LogP contribution in [0.15, 0.2) is 52.5 Å². The molecule has 0 aromatic heterocycles. The molecule has 0 spiro atoms. The van der Waals surface area contributed by atoms with Crippen LogP contribution in [0.3, 0.4) is 0 Å². The van der Waals surface area contributed by atoms with Gasteiger partial charge in [0.15, 0.2) is 0 Å². The van der Waals surface area contributed by atoms with E-state index in [0.29, 0.717) is 23.9 Å². The predicted molar refractivity (Wildman–Crippen MR) is 111 cm³/mol. The van der Waals surface area contributed by atoms with Crippen molar-refractivity contribution in [3.05, 3.63) is 63.1 Å². The average molecular weight is 447 g/mol. The number of nitrogens with one attached hydrogen (secondary N) is 1. The lowest BCUT2D eigenvalue weighted by Crippen LogP contribution is -2.36. The molecule has 7 heteroatoms. The number of anilines is 2. The van der Waals surface area contributed by atoms with Crippen LogP contribution in [0.2, 0.25) is 5.02 Å². The number of carbonyl (C=O) groups is 1. The number of benzene rings is 2. The monoisotopic (exact) mass is 445 g/mol.